The molecule has 0 aliphatic rings. The molecular formula is C18H13ClN2O3. The van der Waals surface area contributed by atoms with E-state index in [-0.39, 0.29) is 12.4 Å². The van der Waals surface area contributed by atoms with Gasteiger partial charge in [0.05, 0.1) is 41.3 Å². The molecule has 0 saturated carbocycles. The zero-order valence-corrected chi connectivity index (χ0v) is 13.6. The molecule has 0 heterocycles. The summed E-state index contributed by atoms with van der Waals surface area (Å²) in [5.41, 5.74) is 1.34. The number of hydrogen-bond donors (Lipinski definition) is 0. The van der Waals surface area contributed by atoms with Gasteiger partial charge in [-0.3, -0.25) is 4.79 Å². The first kappa shape index (κ1) is 17.3. The van der Waals surface area contributed by atoms with Crippen LogP contribution in [-0.4, -0.2) is 12.6 Å². The molecule has 0 spiro atoms. The second kappa shape index (κ2) is 8.01. The van der Waals surface area contributed by atoms with Crippen molar-refractivity contribution in [2.45, 2.75) is 13.3 Å². The molecule has 0 aliphatic heterocycles. The van der Waals surface area contributed by atoms with Crippen molar-refractivity contribution in [1.82, 2.24) is 0 Å². The predicted octanol–water partition coefficient (Wildman–Crippen LogP) is 3.98. The predicted molar refractivity (Wildman–Crippen MR) is 87.7 cm³/mol. The van der Waals surface area contributed by atoms with Crippen LogP contribution in [-0.2, 0) is 16.0 Å². The minimum Gasteiger partial charge on any atom is -0.466 e. The van der Waals surface area contributed by atoms with Crippen LogP contribution >= 0.6 is 11.6 Å². The van der Waals surface area contributed by atoms with Gasteiger partial charge in [0.15, 0.2) is 0 Å². The fourth-order valence-corrected chi connectivity index (χ4v) is 2.27. The van der Waals surface area contributed by atoms with Gasteiger partial charge in [0.25, 0.3) is 0 Å². The van der Waals surface area contributed by atoms with Crippen LogP contribution in [0.2, 0.25) is 5.02 Å². The molecular weight excluding hydrogens is 328 g/mol. The Morgan fingerprint density at radius 3 is 2.33 bits per heavy atom. The van der Waals surface area contributed by atoms with Crippen LogP contribution < -0.4 is 4.74 Å². The van der Waals surface area contributed by atoms with Crippen LogP contribution in [0.3, 0.4) is 0 Å². The molecule has 120 valence electrons. The molecule has 0 radical (unpaired) electrons. The Kier molecular flexibility index (Phi) is 5.78. The zero-order valence-electron chi connectivity index (χ0n) is 12.9. The standard InChI is InChI=1S/C18H13ClN2O3/c1-2-23-18(22)9-12-3-4-17(16(19)8-12)24-15-6-13(10-20)5-14(7-15)11-21/h3-8H,2,9H2,1H3. The van der Waals surface area contributed by atoms with E-state index in [0.717, 1.165) is 0 Å². The topological polar surface area (TPSA) is 83.1 Å². The lowest BCUT2D eigenvalue weighted by molar-refractivity contribution is -0.142. The fourth-order valence-electron chi connectivity index (χ4n) is 2.03. The molecule has 0 unspecified atom stereocenters. The van der Waals surface area contributed by atoms with Crippen LogP contribution in [0.4, 0.5) is 0 Å². The van der Waals surface area contributed by atoms with Gasteiger partial charge >= 0.3 is 5.97 Å². The largest absolute Gasteiger partial charge is 0.466 e. The summed E-state index contributed by atoms with van der Waals surface area (Å²) in [4.78, 5) is 11.5. The molecule has 0 aliphatic carbocycles. The number of nitriles is 2. The first-order valence-corrected chi connectivity index (χ1v) is 7.50. The van der Waals surface area contributed by atoms with Crippen molar-refractivity contribution < 1.29 is 14.3 Å². The van der Waals surface area contributed by atoms with Crippen molar-refractivity contribution in [1.29, 1.82) is 10.5 Å². The highest BCUT2D eigenvalue weighted by Gasteiger charge is 2.10. The van der Waals surface area contributed by atoms with Gasteiger partial charge in [-0.1, -0.05) is 17.7 Å². The average Bonchev–Trinajstić information content (AvgIpc) is 2.57. The van der Waals surface area contributed by atoms with Gasteiger partial charge in [0.2, 0.25) is 0 Å². The summed E-state index contributed by atoms with van der Waals surface area (Å²) < 4.78 is 10.5. The smallest absolute Gasteiger partial charge is 0.310 e. The number of benzene rings is 2. The summed E-state index contributed by atoms with van der Waals surface area (Å²) in [5.74, 6) is 0.372. The van der Waals surface area contributed by atoms with Crippen LogP contribution in [0, 0.1) is 22.7 Å². The highest BCUT2D eigenvalue weighted by molar-refractivity contribution is 6.32. The number of rotatable bonds is 5. The molecule has 0 saturated heterocycles. The van der Waals surface area contributed by atoms with Gasteiger partial charge in [-0.05, 0) is 42.8 Å². The quantitative estimate of drug-likeness (QED) is 0.769. The van der Waals surface area contributed by atoms with Crippen molar-refractivity contribution in [3.05, 3.63) is 58.1 Å². The third-order valence-corrected chi connectivity index (χ3v) is 3.34. The number of carbonyl (C=O) groups is 1. The van der Waals surface area contributed by atoms with Gasteiger partial charge in [0, 0.05) is 0 Å². The number of carbonyl (C=O) groups excluding carboxylic acids is 1. The number of esters is 1. The van der Waals surface area contributed by atoms with E-state index in [9.17, 15) is 4.79 Å². The Labute approximate surface area is 144 Å². The van der Waals surface area contributed by atoms with Gasteiger partial charge in [-0.25, -0.2) is 0 Å². The van der Waals surface area contributed by atoms with E-state index in [4.69, 9.17) is 31.6 Å². The molecule has 5 nitrogen and oxygen atoms in total. The molecule has 0 N–H and O–H groups in total. The van der Waals surface area contributed by atoms with Crippen molar-refractivity contribution >= 4 is 17.6 Å². The molecule has 24 heavy (non-hydrogen) atoms. The third kappa shape index (κ3) is 4.49. The van der Waals surface area contributed by atoms with Crippen LogP contribution in [0.1, 0.15) is 23.6 Å². The third-order valence-electron chi connectivity index (χ3n) is 3.04. The molecule has 0 bridgehead atoms. The molecule has 6 heteroatoms. The summed E-state index contributed by atoms with van der Waals surface area (Å²) >= 11 is 6.18. The summed E-state index contributed by atoms with van der Waals surface area (Å²) in [6, 6.07) is 13.4. The number of nitrogens with zero attached hydrogens (tertiary/aromatic N) is 2. The Hall–Kier alpha value is -3.02. The Morgan fingerprint density at radius 2 is 1.79 bits per heavy atom. The number of hydrogen-bond acceptors (Lipinski definition) is 5. The van der Waals surface area contributed by atoms with E-state index in [0.29, 0.717) is 39.8 Å². The van der Waals surface area contributed by atoms with Crippen molar-refractivity contribution in [3.63, 3.8) is 0 Å². The Balaban J connectivity index is 2.21. The molecule has 2 rings (SSSR count). The highest BCUT2D eigenvalue weighted by atomic mass is 35.5. The second-order valence-electron chi connectivity index (χ2n) is 4.82. The monoisotopic (exact) mass is 340 g/mol. The zero-order chi connectivity index (χ0) is 17.5. The van der Waals surface area contributed by atoms with Crippen molar-refractivity contribution in [2.24, 2.45) is 0 Å². The van der Waals surface area contributed by atoms with Gasteiger partial charge in [0.1, 0.15) is 11.5 Å². The van der Waals surface area contributed by atoms with Crippen LogP contribution in [0.5, 0.6) is 11.5 Å². The van der Waals surface area contributed by atoms with Crippen molar-refractivity contribution in [2.75, 3.05) is 6.61 Å². The minimum atomic E-state index is -0.331. The Morgan fingerprint density at radius 1 is 1.12 bits per heavy atom. The van der Waals surface area contributed by atoms with E-state index >= 15 is 0 Å². The van der Waals surface area contributed by atoms with E-state index in [1.165, 1.54) is 18.2 Å². The fraction of sp³-hybridized carbons (Fsp3) is 0.167. The first-order valence-electron chi connectivity index (χ1n) is 7.13. The van der Waals surface area contributed by atoms with E-state index < -0.39 is 0 Å². The van der Waals surface area contributed by atoms with E-state index in [1.807, 2.05) is 12.1 Å². The lowest BCUT2D eigenvalue weighted by Gasteiger charge is -2.10. The van der Waals surface area contributed by atoms with Gasteiger partial charge in [-0.2, -0.15) is 10.5 Å². The molecule has 2 aromatic rings. The van der Waals surface area contributed by atoms with Gasteiger partial charge in [-0.15, -0.1) is 0 Å². The normalized spacial score (nSPS) is 9.67. The van der Waals surface area contributed by atoms with Crippen LogP contribution in [0.25, 0.3) is 0 Å². The van der Waals surface area contributed by atoms with Crippen molar-refractivity contribution in [3.8, 4) is 23.6 Å². The SMILES string of the molecule is CCOC(=O)Cc1ccc(Oc2cc(C#N)cc(C#N)c2)c(Cl)c1. The lowest BCUT2D eigenvalue weighted by atomic mass is 10.1. The molecule has 0 aromatic heterocycles. The van der Waals surface area contributed by atoms with E-state index in [1.54, 1.807) is 25.1 Å². The molecule has 0 amide bonds. The average molecular weight is 341 g/mol. The summed E-state index contributed by atoms with van der Waals surface area (Å²) in [6.45, 7) is 2.07. The lowest BCUT2D eigenvalue weighted by Crippen LogP contribution is -2.07. The molecule has 0 fully saturated rings. The van der Waals surface area contributed by atoms with Crippen LogP contribution in [0.15, 0.2) is 36.4 Å². The number of halogens is 1. The summed E-state index contributed by atoms with van der Waals surface area (Å²) in [5, 5.41) is 18.3. The number of ether oxygens (including phenoxy) is 2. The molecule has 2 aromatic carbocycles. The maximum Gasteiger partial charge on any atom is 0.310 e. The molecule has 0 atom stereocenters. The van der Waals surface area contributed by atoms with E-state index in [2.05, 4.69) is 0 Å². The second-order valence-corrected chi connectivity index (χ2v) is 5.23. The first-order chi connectivity index (χ1) is 11.5. The maximum atomic E-state index is 11.5. The summed E-state index contributed by atoms with van der Waals surface area (Å²) in [6.07, 6.45) is 0.121. The Bertz CT molecular complexity index is 818. The summed E-state index contributed by atoms with van der Waals surface area (Å²) in [7, 11) is 0. The highest BCUT2D eigenvalue weighted by Crippen LogP contribution is 2.31. The minimum absolute atomic E-state index is 0.121. The maximum absolute atomic E-state index is 11.5. The van der Waals surface area contributed by atoms with Gasteiger partial charge < -0.3 is 9.47 Å².